The molecule has 110 valence electrons. The zero-order valence-electron chi connectivity index (χ0n) is 10.6. The van der Waals surface area contributed by atoms with Crippen LogP contribution in [0, 0.1) is 5.92 Å². The highest BCUT2D eigenvalue weighted by Crippen LogP contribution is 2.30. The molecule has 2 nitrogen and oxygen atoms in total. The summed E-state index contributed by atoms with van der Waals surface area (Å²) in [6.07, 6.45) is 4.64. The third-order valence-corrected chi connectivity index (χ3v) is 4.00. The van der Waals surface area contributed by atoms with E-state index >= 15 is 0 Å². The second-order valence-corrected chi connectivity index (χ2v) is 5.44. The van der Waals surface area contributed by atoms with Crippen LogP contribution in [0.4, 0.5) is 8.78 Å². The largest absolute Gasteiger partial charge is 0.328 e. The minimum absolute atomic E-state index is 0. The zero-order valence-corrected chi connectivity index (χ0v) is 12.2. The number of nitrogens with two attached hydrogens (primary N) is 1. The van der Waals surface area contributed by atoms with Gasteiger partial charge in [0.2, 0.25) is 0 Å². The molecule has 6 heteroatoms. The molecule has 2 rings (SSSR count). The van der Waals surface area contributed by atoms with Crippen LogP contribution in [0.15, 0.2) is 0 Å². The maximum Gasteiger partial charge on any atom is 0.250 e. The Morgan fingerprint density at radius 2 is 1.50 bits per heavy atom. The zero-order chi connectivity index (χ0) is 11.6. The van der Waals surface area contributed by atoms with Crippen molar-refractivity contribution >= 4 is 24.8 Å². The van der Waals surface area contributed by atoms with Gasteiger partial charge in [-0.3, -0.25) is 0 Å². The molecule has 0 aromatic carbocycles. The fourth-order valence-corrected chi connectivity index (χ4v) is 2.80. The summed E-state index contributed by atoms with van der Waals surface area (Å²) in [4.78, 5) is 2.21. The molecule has 0 amide bonds. The van der Waals surface area contributed by atoms with Crippen molar-refractivity contribution in [2.45, 2.75) is 50.5 Å². The van der Waals surface area contributed by atoms with Gasteiger partial charge >= 0.3 is 0 Å². The first kappa shape index (κ1) is 18.4. The number of piperidine rings is 1. The first-order valence-electron chi connectivity index (χ1n) is 6.41. The van der Waals surface area contributed by atoms with Gasteiger partial charge in [0.25, 0.3) is 5.92 Å². The molecule has 0 radical (unpaired) electrons. The van der Waals surface area contributed by atoms with Crippen molar-refractivity contribution in [3.63, 3.8) is 0 Å². The average molecular weight is 305 g/mol. The van der Waals surface area contributed by atoms with Gasteiger partial charge < -0.3 is 10.6 Å². The highest BCUT2D eigenvalue weighted by atomic mass is 35.5. The van der Waals surface area contributed by atoms with Gasteiger partial charge in [0.05, 0.1) is 0 Å². The van der Waals surface area contributed by atoms with Crippen LogP contribution < -0.4 is 5.73 Å². The van der Waals surface area contributed by atoms with E-state index in [1.165, 1.54) is 12.8 Å². The third-order valence-electron chi connectivity index (χ3n) is 4.00. The van der Waals surface area contributed by atoms with Crippen molar-refractivity contribution in [1.82, 2.24) is 4.90 Å². The van der Waals surface area contributed by atoms with Gasteiger partial charge in [-0.1, -0.05) is 0 Å². The summed E-state index contributed by atoms with van der Waals surface area (Å²) >= 11 is 0. The molecular weight excluding hydrogens is 281 g/mol. The lowest BCUT2D eigenvalue weighted by molar-refractivity contribution is -0.0580. The Morgan fingerprint density at radius 3 is 2.00 bits per heavy atom. The summed E-state index contributed by atoms with van der Waals surface area (Å²) in [5.74, 6) is -1.72. The van der Waals surface area contributed by atoms with Crippen LogP contribution in [0.3, 0.4) is 0 Å². The van der Waals surface area contributed by atoms with E-state index < -0.39 is 5.92 Å². The normalized spacial score (nSPS) is 32.2. The summed E-state index contributed by atoms with van der Waals surface area (Å²) in [6, 6.07) is 0.377. The third kappa shape index (κ3) is 5.55. The molecule has 1 saturated carbocycles. The van der Waals surface area contributed by atoms with Crippen LogP contribution in [0.5, 0.6) is 0 Å². The number of hydrogen-bond acceptors (Lipinski definition) is 2. The van der Waals surface area contributed by atoms with E-state index in [1.54, 1.807) is 0 Å². The first-order chi connectivity index (χ1) is 7.55. The Hall–Kier alpha value is 0.360. The SMILES string of the molecule is Cl.Cl.NC1CCC(CN2CCC(F)(F)CC2)CC1. The maximum atomic E-state index is 13.0. The fraction of sp³-hybridized carbons (Fsp3) is 1.00. The predicted octanol–water partition coefficient (Wildman–Crippen LogP) is 3.08. The van der Waals surface area contributed by atoms with E-state index in [9.17, 15) is 8.78 Å². The summed E-state index contributed by atoms with van der Waals surface area (Å²) < 4.78 is 25.9. The molecule has 2 aliphatic rings. The number of halogens is 4. The number of likely N-dealkylation sites (tertiary alicyclic amines) is 1. The first-order valence-corrected chi connectivity index (χ1v) is 6.41. The average Bonchev–Trinajstić information content (AvgIpc) is 2.24. The number of hydrogen-bond donors (Lipinski definition) is 1. The lowest BCUT2D eigenvalue weighted by Gasteiger charge is -2.36. The van der Waals surface area contributed by atoms with Crippen LogP contribution in [0.2, 0.25) is 0 Å². The molecule has 0 aromatic heterocycles. The quantitative estimate of drug-likeness (QED) is 0.849. The minimum atomic E-state index is -2.41. The number of rotatable bonds is 2. The van der Waals surface area contributed by atoms with Crippen molar-refractivity contribution in [2.75, 3.05) is 19.6 Å². The molecule has 0 spiro atoms. The Labute approximate surface area is 120 Å². The van der Waals surface area contributed by atoms with Crippen LogP contribution in [-0.4, -0.2) is 36.5 Å². The summed E-state index contributed by atoms with van der Waals surface area (Å²) in [7, 11) is 0. The monoisotopic (exact) mass is 304 g/mol. The van der Waals surface area contributed by atoms with Gasteiger partial charge in [-0.15, -0.1) is 24.8 Å². The molecule has 1 aliphatic carbocycles. The van der Waals surface area contributed by atoms with Crippen molar-refractivity contribution in [2.24, 2.45) is 11.7 Å². The molecule has 1 saturated heterocycles. The van der Waals surface area contributed by atoms with E-state index in [0.717, 1.165) is 19.4 Å². The van der Waals surface area contributed by atoms with Crippen LogP contribution in [-0.2, 0) is 0 Å². The van der Waals surface area contributed by atoms with E-state index in [0.29, 0.717) is 25.0 Å². The highest BCUT2D eigenvalue weighted by Gasteiger charge is 2.34. The molecule has 18 heavy (non-hydrogen) atoms. The number of nitrogens with zero attached hydrogens (tertiary/aromatic N) is 1. The molecule has 0 aromatic rings. The maximum absolute atomic E-state index is 13.0. The Kier molecular flexibility index (Phi) is 7.99. The molecule has 2 fully saturated rings. The molecule has 0 atom stereocenters. The smallest absolute Gasteiger partial charge is 0.250 e. The van der Waals surface area contributed by atoms with Gasteiger partial charge in [-0.05, 0) is 31.6 Å². The van der Waals surface area contributed by atoms with Gasteiger partial charge in [-0.25, -0.2) is 8.78 Å². The molecule has 2 N–H and O–H groups in total. The summed E-state index contributed by atoms with van der Waals surface area (Å²) in [6.45, 7) is 2.13. The van der Waals surface area contributed by atoms with E-state index in [4.69, 9.17) is 5.73 Å². The second kappa shape index (κ2) is 7.83. The highest BCUT2D eigenvalue weighted by molar-refractivity contribution is 5.85. The van der Waals surface area contributed by atoms with Crippen LogP contribution >= 0.6 is 24.8 Å². The van der Waals surface area contributed by atoms with Crippen molar-refractivity contribution in [1.29, 1.82) is 0 Å². The lowest BCUT2D eigenvalue weighted by atomic mass is 9.86. The van der Waals surface area contributed by atoms with Gasteiger partial charge in [0, 0.05) is 38.5 Å². The van der Waals surface area contributed by atoms with Gasteiger partial charge in [-0.2, -0.15) is 0 Å². The van der Waals surface area contributed by atoms with Gasteiger partial charge in [0.1, 0.15) is 0 Å². The Morgan fingerprint density at radius 1 is 1.00 bits per heavy atom. The Balaban J connectivity index is 0.00000144. The predicted molar refractivity (Wildman–Crippen MR) is 75.1 cm³/mol. The van der Waals surface area contributed by atoms with E-state index in [1.807, 2.05) is 0 Å². The van der Waals surface area contributed by atoms with Crippen molar-refractivity contribution < 1.29 is 8.78 Å². The summed E-state index contributed by atoms with van der Waals surface area (Å²) in [5.41, 5.74) is 5.85. The second-order valence-electron chi connectivity index (χ2n) is 5.44. The van der Waals surface area contributed by atoms with Crippen LogP contribution in [0.1, 0.15) is 38.5 Å². The van der Waals surface area contributed by atoms with E-state index in [-0.39, 0.29) is 37.7 Å². The molecule has 0 unspecified atom stereocenters. The van der Waals surface area contributed by atoms with Crippen molar-refractivity contribution in [3.05, 3.63) is 0 Å². The Bertz CT molecular complexity index is 224. The topological polar surface area (TPSA) is 29.3 Å². The molecule has 0 bridgehead atoms. The standard InChI is InChI=1S/C12H22F2N2.2ClH/c13-12(14)5-7-16(8-6-12)9-10-1-3-11(15)4-2-10;;/h10-11H,1-9,15H2;2*1H. The minimum Gasteiger partial charge on any atom is -0.328 e. The molecular formula is C12H24Cl2F2N2. The lowest BCUT2D eigenvalue weighted by Crippen LogP contribution is -2.42. The van der Waals surface area contributed by atoms with Crippen molar-refractivity contribution in [3.8, 4) is 0 Å². The fourth-order valence-electron chi connectivity index (χ4n) is 2.80. The van der Waals surface area contributed by atoms with Crippen LogP contribution in [0.25, 0.3) is 0 Å². The molecule has 1 aliphatic heterocycles. The van der Waals surface area contributed by atoms with Gasteiger partial charge in [0.15, 0.2) is 0 Å². The number of alkyl halides is 2. The van der Waals surface area contributed by atoms with E-state index in [2.05, 4.69) is 4.90 Å². The molecule has 1 heterocycles. The summed E-state index contributed by atoms with van der Waals surface area (Å²) in [5, 5.41) is 0.